The number of fused-ring (bicyclic) bond motifs is 8. The van der Waals surface area contributed by atoms with Crippen molar-refractivity contribution in [1.29, 1.82) is 0 Å². The van der Waals surface area contributed by atoms with Crippen LogP contribution < -0.4 is 21.4 Å². The summed E-state index contributed by atoms with van der Waals surface area (Å²) in [5.74, 6) is -0.899. The Kier molecular flexibility index (Phi) is 4.67. The van der Waals surface area contributed by atoms with E-state index in [-0.39, 0.29) is 0 Å². The second-order valence-corrected chi connectivity index (χ2v) is 7.33. The van der Waals surface area contributed by atoms with E-state index in [1.165, 1.54) is 14.2 Å². The van der Waals surface area contributed by atoms with Crippen molar-refractivity contribution in [2.45, 2.75) is 0 Å². The molecule has 32 heavy (non-hydrogen) atoms. The zero-order chi connectivity index (χ0) is 22.2. The molecule has 0 fully saturated rings. The molecule has 5 rings (SSSR count). The van der Waals surface area contributed by atoms with Crippen LogP contribution in [0.25, 0.3) is 23.3 Å². The SMILES string of the molecule is COC(=O)C1=c2ccc([nH]2)=Cc2ccc([nH]2)C(C(=O)OC)=c2ccc([nH]2)=Cc2ccc1[nH]2. The number of hydrogen-bond acceptors (Lipinski definition) is 4. The van der Waals surface area contributed by atoms with Gasteiger partial charge in [0, 0.05) is 22.1 Å². The number of rotatable bonds is 2. The Morgan fingerprint density at radius 3 is 1.44 bits per heavy atom. The van der Waals surface area contributed by atoms with Crippen LogP contribution in [0.5, 0.6) is 0 Å². The summed E-state index contributed by atoms with van der Waals surface area (Å²) in [5, 5.41) is 2.81. The largest absolute Gasteiger partial charge is 0.465 e. The molecule has 8 bridgehead atoms. The van der Waals surface area contributed by atoms with Crippen LogP contribution in [0.15, 0.2) is 48.5 Å². The highest BCUT2D eigenvalue weighted by molar-refractivity contribution is 6.15. The summed E-state index contributed by atoms with van der Waals surface area (Å²) in [5.41, 5.74) is 3.61. The molecule has 8 heteroatoms. The van der Waals surface area contributed by atoms with Gasteiger partial charge in [0.2, 0.25) is 0 Å². The Bertz CT molecular complexity index is 1470. The predicted molar refractivity (Wildman–Crippen MR) is 118 cm³/mol. The van der Waals surface area contributed by atoms with Gasteiger partial charge in [-0.05, 0) is 60.7 Å². The minimum Gasteiger partial charge on any atom is -0.465 e. The van der Waals surface area contributed by atoms with Crippen molar-refractivity contribution in [1.82, 2.24) is 19.9 Å². The molecule has 0 saturated carbocycles. The molecule has 5 heterocycles. The molecule has 0 aliphatic carbocycles. The van der Waals surface area contributed by atoms with Crippen molar-refractivity contribution in [3.8, 4) is 0 Å². The second-order valence-electron chi connectivity index (χ2n) is 7.33. The molecule has 0 spiro atoms. The minimum absolute atomic E-state index is 0.402. The molecule has 1 aliphatic heterocycles. The average molecular weight is 428 g/mol. The molecular formula is C24H20N4O4. The summed E-state index contributed by atoms with van der Waals surface area (Å²) in [6, 6.07) is 14.8. The van der Waals surface area contributed by atoms with E-state index in [2.05, 4.69) is 19.9 Å². The number of hydrogen-bond donors (Lipinski definition) is 4. The van der Waals surface area contributed by atoms with E-state index in [1.807, 2.05) is 60.7 Å². The van der Waals surface area contributed by atoms with Crippen LogP contribution in [0.1, 0.15) is 22.8 Å². The molecule has 0 amide bonds. The lowest BCUT2D eigenvalue weighted by Gasteiger charge is -2.03. The van der Waals surface area contributed by atoms with E-state index >= 15 is 0 Å². The van der Waals surface area contributed by atoms with E-state index in [9.17, 15) is 9.59 Å². The first kappa shape index (κ1) is 19.5. The standard InChI is InChI=1S/C24H20N4O4/c1-31-23(29)21-17-7-3-13(25-17)11-15-5-9-19(27-15)22(24(30)32-2)20-10-6-16(28-20)12-14-4-8-18(21)26-14/h3-12,25-28H,1-2H3. The Morgan fingerprint density at radius 1 is 0.594 bits per heavy atom. The Labute approximate surface area is 181 Å². The van der Waals surface area contributed by atoms with Crippen LogP contribution in [-0.4, -0.2) is 46.1 Å². The summed E-state index contributed by atoms with van der Waals surface area (Å²) in [4.78, 5) is 38.2. The first-order chi connectivity index (χ1) is 15.6. The lowest BCUT2D eigenvalue weighted by atomic mass is 10.2. The van der Waals surface area contributed by atoms with Gasteiger partial charge in [-0.25, -0.2) is 9.59 Å². The van der Waals surface area contributed by atoms with E-state index in [4.69, 9.17) is 9.47 Å². The Hall–Kier alpha value is -4.46. The minimum atomic E-state index is -0.449. The van der Waals surface area contributed by atoms with Crippen LogP contribution in [-0.2, 0) is 19.1 Å². The predicted octanol–water partition coefficient (Wildman–Crippen LogP) is -0.286. The fourth-order valence-corrected chi connectivity index (χ4v) is 3.84. The number of aromatic nitrogens is 4. The number of methoxy groups -OCH3 is 2. The van der Waals surface area contributed by atoms with E-state index in [0.29, 0.717) is 33.2 Å². The normalized spacial score (nSPS) is 12.7. The first-order valence-corrected chi connectivity index (χ1v) is 9.93. The van der Waals surface area contributed by atoms with E-state index < -0.39 is 11.9 Å². The summed E-state index contributed by atoms with van der Waals surface area (Å²) >= 11 is 0. The van der Waals surface area contributed by atoms with Crippen LogP contribution >= 0.6 is 0 Å². The zero-order valence-electron chi connectivity index (χ0n) is 17.4. The third-order valence-electron chi connectivity index (χ3n) is 5.31. The average Bonchev–Trinajstić information content (AvgIpc) is 3.58. The second kappa shape index (κ2) is 7.66. The number of carbonyl (C=O) groups excluding carboxylic acids is 2. The number of esters is 2. The molecule has 4 aromatic heterocycles. The Morgan fingerprint density at radius 2 is 1.03 bits per heavy atom. The quantitative estimate of drug-likeness (QED) is 0.329. The molecular weight excluding hydrogens is 408 g/mol. The molecule has 8 nitrogen and oxygen atoms in total. The smallest absolute Gasteiger partial charge is 0.342 e. The maximum atomic E-state index is 12.6. The first-order valence-electron chi connectivity index (χ1n) is 9.93. The molecule has 0 aromatic carbocycles. The van der Waals surface area contributed by atoms with Gasteiger partial charge in [0.15, 0.2) is 0 Å². The van der Waals surface area contributed by atoms with Crippen molar-refractivity contribution in [2.24, 2.45) is 0 Å². The molecule has 4 N–H and O–H groups in total. The number of H-pyrrole nitrogens is 4. The number of aromatic amines is 4. The molecule has 0 saturated heterocycles. The van der Waals surface area contributed by atoms with Crippen LogP contribution in [0.2, 0.25) is 0 Å². The van der Waals surface area contributed by atoms with Gasteiger partial charge in [-0.2, -0.15) is 0 Å². The van der Waals surface area contributed by atoms with Gasteiger partial charge in [0.05, 0.1) is 36.3 Å². The molecule has 160 valence electrons. The lowest BCUT2D eigenvalue weighted by molar-refractivity contribution is -0.134. The van der Waals surface area contributed by atoms with Crippen LogP contribution in [0.4, 0.5) is 0 Å². The summed E-state index contributed by atoms with van der Waals surface area (Å²) in [6.45, 7) is 0. The van der Waals surface area contributed by atoms with Gasteiger partial charge in [-0.3, -0.25) is 0 Å². The zero-order valence-corrected chi connectivity index (χ0v) is 17.4. The molecule has 0 radical (unpaired) electrons. The molecule has 1 aliphatic rings. The lowest BCUT2D eigenvalue weighted by Crippen LogP contribution is -2.20. The Balaban J connectivity index is 1.85. The van der Waals surface area contributed by atoms with Crippen molar-refractivity contribution in [3.05, 3.63) is 92.7 Å². The van der Waals surface area contributed by atoms with Crippen molar-refractivity contribution < 1.29 is 19.1 Å². The highest BCUT2D eigenvalue weighted by Gasteiger charge is 2.18. The van der Waals surface area contributed by atoms with Crippen LogP contribution in [0, 0.1) is 0 Å². The summed E-state index contributed by atoms with van der Waals surface area (Å²) in [7, 11) is 2.72. The monoisotopic (exact) mass is 428 g/mol. The molecule has 0 atom stereocenters. The number of carbonyl (C=O) groups is 2. The van der Waals surface area contributed by atoms with Gasteiger partial charge in [-0.15, -0.1) is 0 Å². The highest BCUT2D eigenvalue weighted by Crippen LogP contribution is 2.15. The summed E-state index contributed by atoms with van der Waals surface area (Å²) < 4.78 is 10.0. The number of nitrogens with one attached hydrogen (secondary N) is 4. The van der Waals surface area contributed by atoms with Gasteiger partial charge < -0.3 is 29.4 Å². The van der Waals surface area contributed by atoms with Gasteiger partial charge in [0.25, 0.3) is 0 Å². The third kappa shape index (κ3) is 3.37. The molecule has 0 unspecified atom stereocenters. The highest BCUT2D eigenvalue weighted by atomic mass is 16.5. The summed E-state index contributed by atoms with van der Waals surface area (Å²) in [6.07, 6.45) is 3.77. The molecule has 4 aromatic rings. The fourth-order valence-electron chi connectivity index (χ4n) is 3.84. The van der Waals surface area contributed by atoms with Gasteiger partial charge in [-0.1, -0.05) is 0 Å². The van der Waals surface area contributed by atoms with Crippen LogP contribution in [0.3, 0.4) is 0 Å². The fraction of sp³-hybridized carbons (Fsp3) is 0.0833. The van der Waals surface area contributed by atoms with Crippen molar-refractivity contribution in [3.63, 3.8) is 0 Å². The van der Waals surface area contributed by atoms with Crippen molar-refractivity contribution in [2.75, 3.05) is 14.2 Å². The van der Waals surface area contributed by atoms with E-state index in [1.54, 1.807) is 0 Å². The van der Waals surface area contributed by atoms with Gasteiger partial charge in [0.1, 0.15) is 11.1 Å². The van der Waals surface area contributed by atoms with Gasteiger partial charge >= 0.3 is 11.9 Å². The van der Waals surface area contributed by atoms with E-state index in [0.717, 1.165) is 22.1 Å². The maximum Gasteiger partial charge on any atom is 0.342 e. The third-order valence-corrected chi connectivity index (χ3v) is 5.31. The topological polar surface area (TPSA) is 116 Å². The number of ether oxygens (including phenoxy) is 2. The maximum absolute atomic E-state index is 12.6. The van der Waals surface area contributed by atoms with Crippen molar-refractivity contribution >= 4 is 35.2 Å².